The number of aliphatic hydroxyl groups is 5. The van der Waals surface area contributed by atoms with Gasteiger partial charge in [-0.15, -0.1) is 0 Å². The Balaban J connectivity index is 1.14. The fourth-order valence-electron chi connectivity index (χ4n) is 8.91. The number of halogens is 1. The zero-order chi connectivity index (χ0) is 38.7. The van der Waals surface area contributed by atoms with Crippen molar-refractivity contribution >= 4 is 37.5 Å². The summed E-state index contributed by atoms with van der Waals surface area (Å²) < 4.78 is 28.3. The van der Waals surface area contributed by atoms with Crippen molar-refractivity contribution in [2.24, 2.45) is 5.92 Å². The van der Waals surface area contributed by atoms with E-state index in [4.69, 9.17) is 9.47 Å². The Morgan fingerprint density at radius 2 is 1.67 bits per heavy atom. The lowest BCUT2D eigenvalue weighted by Crippen LogP contribution is -2.60. The molecule has 0 saturated carbocycles. The first-order chi connectivity index (χ1) is 25.6. The van der Waals surface area contributed by atoms with Gasteiger partial charge in [0.25, 0.3) is 11.8 Å². The largest absolute Gasteiger partial charge is 0.394 e. The Bertz CT molecular complexity index is 1930. The molecule has 7 rings (SSSR count). The second-order valence-corrected chi connectivity index (χ2v) is 19.1. The number of rotatable bonds is 8. The normalized spacial score (nSPS) is 32.1. The van der Waals surface area contributed by atoms with Gasteiger partial charge in [-0.2, -0.15) is 0 Å². The Morgan fingerprint density at radius 3 is 2.39 bits per heavy atom. The highest BCUT2D eigenvalue weighted by atomic mass is 28.4. The molecule has 0 aliphatic carbocycles. The molecule has 2 saturated heterocycles. The Morgan fingerprint density at radius 1 is 0.963 bits per heavy atom. The summed E-state index contributed by atoms with van der Waals surface area (Å²) in [4.78, 5) is 45.1. The highest BCUT2D eigenvalue weighted by Crippen LogP contribution is 2.60. The van der Waals surface area contributed by atoms with Crippen molar-refractivity contribution in [3.8, 4) is 0 Å². The third-order valence-corrected chi connectivity index (χ3v) is 14.0. The van der Waals surface area contributed by atoms with Gasteiger partial charge in [-0.1, -0.05) is 61.5 Å². The van der Waals surface area contributed by atoms with Crippen molar-refractivity contribution in [3.05, 3.63) is 95.1 Å². The fourth-order valence-corrected chi connectivity index (χ4v) is 11.4. The number of fused-ring (bicyclic) bond motifs is 3. The third kappa shape index (κ3) is 6.55. The van der Waals surface area contributed by atoms with Gasteiger partial charge in [-0.3, -0.25) is 14.4 Å². The average Bonchev–Trinajstić information content (AvgIpc) is 3.57. The van der Waals surface area contributed by atoms with E-state index in [2.05, 4.69) is 5.32 Å². The molecule has 4 heterocycles. The van der Waals surface area contributed by atoms with Crippen LogP contribution in [0.25, 0.3) is 0 Å². The van der Waals surface area contributed by atoms with Crippen LogP contribution in [0.15, 0.2) is 72.8 Å². The zero-order valence-corrected chi connectivity index (χ0v) is 31.2. The highest BCUT2D eigenvalue weighted by Gasteiger charge is 2.67. The maximum Gasteiger partial charge on any atom is 0.264 e. The van der Waals surface area contributed by atoms with Crippen molar-refractivity contribution in [3.63, 3.8) is 0 Å². The summed E-state index contributed by atoms with van der Waals surface area (Å²) in [6.07, 6.45) is -9.53. The number of aliphatic hydroxyl groups excluding tert-OH is 5. The number of nitrogens with one attached hydrogen (secondary N) is 1. The molecule has 4 aliphatic rings. The summed E-state index contributed by atoms with van der Waals surface area (Å²) in [6.45, 7) is 5.10. The van der Waals surface area contributed by atoms with E-state index < -0.39 is 80.1 Å². The molecule has 0 aromatic heterocycles. The summed E-state index contributed by atoms with van der Waals surface area (Å²) in [5, 5.41) is 52.8. The van der Waals surface area contributed by atoms with Crippen LogP contribution in [0.3, 0.4) is 0 Å². The smallest absolute Gasteiger partial charge is 0.264 e. The quantitative estimate of drug-likeness (QED) is 0.147. The van der Waals surface area contributed by atoms with Crippen LogP contribution >= 0.6 is 0 Å². The van der Waals surface area contributed by atoms with Crippen molar-refractivity contribution in [2.75, 3.05) is 16.8 Å². The van der Waals surface area contributed by atoms with E-state index in [9.17, 15) is 39.9 Å². The number of amides is 3. The van der Waals surface area contributed by atoms with Gasteiger partial charge in [-0.05, 0) is 54.4 Å². The standard InChI is InChI=1S/C39H46FN3O10Si/c1-21-35(54(2,3)40)29(17-30(45)42-19-24-11-5-4-10-23(24)16-26(42)20-44)53-39(21)27-13-6-7-14-28(27)43(38(39)51)18-22-9-8-12-25(15-22)41-36(49)34-32(47)31(46)33(48)37(50)52-34/h4-15,21,26,29,31-35,37,44,46-48,50H,16-20H2,1-3H3,(H,41,49)/t21-,26+,29+,31+,32+,33-,34+,35-,37-,39+/m1/s1. The number of carbonyl (C=O) groups excluding carboxylic acids is 3. The summed E-state index contributed by atoms with van der Waals surface area (Å²) in [6, 6.07) is 21.1. The lowest BCUT2D eigenvalue weighted by atomic mass is 9.82. The molecule has 6 N–H and O–H groups in total. The number of ether oxygens (including phenoxy) is 2. The highest BCUT2D eigenvalue weighted by molar-refractivity contribution is 6.72. The van der Waals surface area contributed by atoms with Crippen LogP contribution in [-0.2, 0) is 49.0 Å². The Labute approximate surface area is 313 Å². The van der Waals surface area contributed by atoms with Crippen LogP contribution in [-0.4, -0.2) is 106 Å². The lowest BCUT2D eigenvalue weighted by Gasteiger charge is -2.37. The molecule has 3 amide bonds. The second-order valence-electron chi connectivity index (χ2n) is 15.3. The predicted octanol–water partition coefficient (Wildman–Crippen LogP) is 2.08. The fraction of sp³-hybridized carbons (Fsp3) is 0.462. The number of hydrogen-bond acceptors (Lipinski definition) is 10. The first-order valence-corrected chi connectivity index (χ1v) is 21.1. The average molecular weight is 764 g/mol. The van der Waals surface area contributed by atoms with Crippen LogP contribution < -0.4 is 10.2 Å². The molecule has 0 bridgehead atoms. The third-order valence-electron chi connectivity index (χ3n) is 11.5. The SMILES string of the molecule is C[C@@H]1[C@@H]([Si](C)(C)F)[C@H](CC(=O)N2Cc3ccccc3C[C@H]2CO)O[C@@]12C(=O)N(Cc1cccc(NC(=O)[C@H]3O[C@@H](O)[C@H](O)[C@@H](O)[C@@H]3O)c1)c1ccccc12. The molecule has 4 aliphatic heterocycles. The number of benzene rings is 3. The molecule has 2 fully saturated rings. The van der Waals surface area contributed by atoms with Crippen LogP contribution in [0.4, 0.5) is 15.5 Å². The van der Waals surface area contributed by atoms with Gasteiger partial charge < -0.3 is 54.2 Å². The van der Waals surface area contributed by atoms with E-state index >= 15 is 4.11 Å². The maximum atomic E-state index is 16.4. The summed E-state index contributed by atoms with van der Waals surface area (Å²) >= 11 is 0. The number of hydrogen-bond donors (Lipinski definition) is 6. The van der Waals surface area contributed by atoms with E-state index in [1.165, 1.54) is 0 Å². The molecule has 10 atom stereocenters. The van der Waals surface area contributed by atoms with Crippen molar-refractivity contribution in [1.29, 1.82) is 0 Å². The van der Waals surface area contributed by atoms with E-state index in [-0.39, 0.29) is 31.2 Å². The molecule has 3 aromatic rings. The molecule has 288 valence electrons. The van der Waals surface area contributed by atoms with Gasteiger partial charge in [0.05, 0.1) is 37.4 Å². The zero-order valence-electron chi connectivity index (χ0n) is 30.2. The minimum atomic E-state index is -3.57. The summed E-state index contributed by atoms with van der Waals surface area (Å²) in [5.41, 5.74) is 1.79. The van der Waals surface area contributed by atoms with E-state index in [1.54, 1.807) is 71.4 Å². The molecule has 3 aromatic carbocycles. The van der Waals surface area contributed by atoms with Crippen LogP contribution in [0.1, 0.15) is 35.6 Å². The minimum Gasteiger partial charge on any atom is -0.394 e. The Kier molecular flexibility index (Phi) is 10.3. The second kappa shape index (κ2) is 14.5. The number of nitrogens with zero attached hydrogens (tertiary/aromatic N) is 2. The molecule has 13 nitrogen and oxygen atoms in total. The topological polar surface area (TPSA) is 189 Å². The first kappa shape index (κ1) is 38.2. The van der Waals surface area contributed by atoms with Gasteiger partial charge in [-0.25, -0.2) is 0 Å². The van der Waals surface area contributed by atoms with Gasteiger partial charge in [0.15, 0.2) is 18.0 Å². The van der Waals surface area contributed by atoms with Crippen LogP contribution in [0.5, 0.6) is 0 Å². The van der Waals surface area contributed by atoms with E-state index in [0.29, 0.717) is 29.8 Å². The van der Waals surface area contributed by atoms with Gasteiger partial charge in [0.1, 0.15) is 18.3 Å². The van der Waals surface area contributed by atoms with Crippen molar-refractivity contribution in [1.82, 2.24) is 4.90 Å². The summed E-state index contributed by atoms with van der Waals surface area (Å²) in [5.74, 6) is -2.18. The first-order valence-electron chi connectivity index (χ1n) is 18.2. The molecule has 0 radical (unpaired) electrons. The van der Waals surface area contributed by atoms with E-state index in [0.717, 1.165) is 11.1 Å². The lowest BCUT2D eigenvalue weighted by molar-refractivity contribution is -0.274. The van der Waals surface area contributed by atoms with Gasteiger partial charge in [0, 0.05) is 29.3 Å². The molecule has 0 unspecified atom stereocenters. The van der Waals surface area contributed by atoms with E-state index in [1.807, 2.05) is 31.2 Å². The molecule has 15 heteroatoms. The van der Waals surface area contributed by atoms with Crippen LogP contribution in [0.2, 0.25) is 18.6 Å². The van der Waals surface area contributed by atoms with Crippen molar-refractivity contribution in [2.45, 2.75) is 99.9 Å². The molecular formula is C39H46FN3O10Si. The number of anilines is 2. The Hall–Kier alpha value is -4.06. The van der Waals surface area contributed by atoms with Gasteiger partial charge >= 0.3 is 0 Å². The number of carbonyl (C=O) groups is 3. The predicted molar refractivity (Wildman–Crippen MR) is 196 cm³/mol. The van der Waals surface area contributed by atoms with Crippen molar-refractivity contribution < 1.29 is 53.5 Å². The summed E-state index contributed by atoms with van der Waals surface area (Å²) in [7, 11) is -3.57. The van der Waals surface area contributed by atoms with Crippen LogP contribution in [0, 0.1) is 5.92 Å². The monoisotopic (exact) mass is 763 g/mol. The maximum absolute atomic E-state index is 16.4. The molecule has 1 spiro atoms. The number of para-hydroxylation sites is 1. The minimum absolute atomic E-state index is 0.0413. The molecule has 54 heavy (non-hydrogen) atoms. The molecular weight excluding hydrogens is 718 g/mol. The van der Waals surface area contributed by atoms with Gasteiger partial charge in [0.2, 0.25) is 14.3 Å².